The van der Waals surface area contributed by atoms with Crippen molar-refractivity contribution in [3.05, 3.63) is 59.7 Å². The van der Waals surface area contributed by atoms with Gasteiger partial charge >= 0.3 is 0 Å². The average Bonchev–Trinajstić information content (AvgIpc) is 2.97. The number of nitrogens with zero attached hydrogens (tertiary/aromatic N) is 3. The third-order valence-electron chi connectivity index (χ3n) is 6.36. The van der Waals surface area contributed by atoms with Gasteiger partial charge in [0.2, 0.25) is 0 Å². The normalized spacial score (nSPS) is 23.8. The van der Waals surface area contributed by atoms with Crippen molar-refractivity contribution in [2.45, 2.75) is 32.1 Å². The van der Waals surface area contributed by atoms with Crippen molar-refractivity contribution >= 4 is 17.3 Å². The van der Waals surface area contributed by atoms with E-state index in [2.05, 4.69) is 47.9 Å². The molecule has 158 valence electrons. The second-order valence-electron chi connectivity index (χ2n) is 8.52. The van der Waals surface area contributed by atoms with Gasteiger partial charge in [-0.3, -0.25) is 14.6 Å². The lowest BCUT2D eigenvalue weighted by Gasteiger charge is -2.42. The highest BCUT2D eigenvalue weighted by Gasteiger charge is 2.55. The fourth-order valence-electron chi connectivity index (χ4n) is 4.89. The van der Waals surface area contributed by atoms with Crippen molar-refractivity contribution in [2.24, 2.45) is 0 Å². The molecule has 6 nitrogen and oxygen atoms in total. The van der Waals surface area contributed by atoms with Gasteiger partial charge in [-0.05, 0) is 44.0 Å². The van der Waals surface area contributed by atoms with Crippen LogP contribution >= 0.6 is 0 Å². The van der Waals surface area contributed by atoms with Crippen LogP contribution in [0.25, 0.3) is 0 Å². The molecule has 0 aromatic heterocycles. The van der Waals surface area contributed by atoms with E-state index in [9.17, 15) is 4.79 Å². The molecule has 1 spiro atoms. The molecule has 2 aromatic carbocycles. The average molecular weight is 408 g/mol. The maximum atomic E-state index is 13.5. The summed E-state index contributed by atoms with van der Waals surface area (Å²) in [5, 5.41) is 0. The third-order valence-corrected chi connectivity index (χ3v) is 6.36. The van der Waals surface area contributed by atoms with E-state index in [0.29, 0.717) is 25.9 Å². The van der Waals surface area contributed by atoms with Crippen LogP contribution in [0.15, 0.2) is 48.5 Å². The van der Waals surface area contributed by atoms with Crippen LogP contribution in [0.4, 0.5) is 11.4 Å². The second-order valence-corrected chi connectivity index (χ2v) is 8.52. The van der Waals surface area contributed by atoms with Crippen molar-refractivity contribution < 1.29 is 14.3 Å². The van der Waals surface area contributed by atoms with Crippen molar-refractivity contribution in [3.63, 3.8) is 0 Å². The van der Waals surface area contributed by atoms with Crippen molar-refractivity contribution in [1.82, 2.24) is 4.90 Å². The number of hydrogen-bond acceptors (Lipinski definition) is 5. The molecule has 0 saturated carbocycles. The molecule has 0 bridgehead atoms. The maximum Gasteiger partial charge on any atom is 0.293 e. The molecule has 5 rings (SSSR count). The van der Waals surface area contributed by atoms with Gasteiger partial charge < -0.3 is 14.4 Å². The number of carbonyl (C=O) groups is 1. The van der Waals surface area contributed by atoms with Gasteiger partial charge in [-0.25, -0.2) is 0 Å². The lowest BCUT2D eigenvalue weighted by Crippen LogP contribution is -2.56. The monoisotopic (exact) mass is 407 g/mol. The smallest absolute Gasteiger partial charge is 0.293 e. The Kier molecular flexibility index (Phi) is 5.01. The Bertz CT molecular complexity index is 941. The maximum absolute atomic E-state index is 13.5. The minimum absolute atomic E-state index is 0.0998. The molecule has 0 radical (unpaired) electrons. The Labute approximate surface area is 178 Å². The quantitative estimate of drug-likeness (QED) is 0.782. The number of carbonyl (C=O) groups excluding carboxylic acids is 1. The fourth-order valence-corrected chi connectivity index (χ4v) is 4.89. The Morgan fingerprint density at radius 3 is 2.63 bits per heavy atom. The topological polar surface area (TPSA) is 45.2 Å². The standard InChI is InChI=1S/C24H29N3O3/c1-18-7-5-8-20(15-18)26-12-11-25(16-19(26)2)17-27-22-10-4-3-9-21(22)24(23(27)28)29-13-6-14-30-24/h3-5,7-10,15,19H,6,11-14,16-17H2,1-2H3/t19-/m0/s1. The molecular formula is C24H29N3O3. The van der Waals surface area contributed by atoms with E-state index in [1.54, 1.807) is 0 Å². The predicted molar refractivity (Wildman–Crippen MR) is 117 cm³/mol. The molecule has 2 aromatic rings. The SMILES string of the molecule is Cc1cccc(N2CCN(CN3C(=O)C4(OCCCO4)c4ccccc43)C[C@@H]2C)c1. The minimum atomic E-state index is -1.26. The molecule has 2 saturated heterocycles. The van der Waals surface area contributed by atoms with E-state index in [1.807, 2.05) is 29.2 Å². The molecule has 2 fully saturated rings. The number of aryl methyl sites for hydroxylation is 1. The van der Waals surface area contributed by atoms with Gasteiger partial charge in [0, 0.05) is 36.9 Å². The van der Waals surface area contributed by atoms with Gasteiger partial charge in [0.25, 0.3) is 11.7 Å². The summed E-state index contributed by atoms with van der Waals surface area (Å²) < 4.78 is 11.9. The molecule has 3 aliphatic rings. The Balaban J connectivity index is 1.34. The van der Waals surface area contributed by atoms with Gasteiger partial charge in [-0.2, -0.15) is 0 Å². The first kappa shape index (κ1) is 19.5. The van der Waals surface area contributed by atoms with Gasteiger partial charge in [0.05, 0.1) is 25.6 Å². The van der Waals surface area contributed by atoms with Gasteiger partial charge in [0.15, 0.2) is 0 Å². The highest BCUT2D eigenvalue weighted by Crippen LogP contribution is 2.45. The second kappa shape index (κ2) is 7.69. The highest BCUT2D eigenvalue weighted by molar-refractivity contribution is 6.06. The molecule has 6 heteroatoms. The van der Waals surface area contributed by atoms with Crippen LogP contribution in [0.5, 0.6) is 0 Å². The number of rotatable bonds is 3. The van der Waals surface area contributed by atoms with Crippen LogP contribution in [-0.2, 0) is 20.1 Å². The molecule has 30 heavy (non-hydrogen) atoms. The first-order chi connectivity index (χ1) is 14.6. The zero-order valence-corrected chi connectivity index (χ0v) is 17.7. The van der Waals surface area contributed by atoms with E-state index in [-0.39, 0.29) is 5.91 Å². The molecule has 0 N–H and O–H groups in total. The number of amides is 1. The van der Waals surface area contributed by atoms with Gasteiger partial charge in [-0.15, -0.1) is 0 Å². The van der Waals surface area contributed by atoms with E-state index in [4.69, 9.17) is 9.47 Å². The molecule has 0 unspecified atom stereocenters. The molecule has 0 aliphatic carbocycles. The molecular weight excluding hydrogens is 378 g/mol. The number of piperazine rings is 1. The van der Waals surface area contributed by atoms with Gasteiger partial charge in [-0.1, -0.05) is 30.3 Å². The molecule has 3 aliphatic heterocycles. The first-order valence-corrected chi connectivity index (χ1v) is 10.8. The predicted octanol–water partition coefficient (Wildman–Crippen LogP) is 3.10. The van der Waals surface area contributed by atoms with Crippen LogP contribution in [0.1, 0.15) is 24.5 Å². The highest BCUT2D eigenvalue weighted by atomic mass is 16.7. The summed E-state index contributed by atoms with van der Waals surface area (Å²) in [5.41, 5.74) is 4.28. The lowest BCUT2D eigenvalue weighted by molar-refractivity contribution is -0.256. The van der Waals surface area contributed by atoms with Crippen LogP contribution < -0.4 is 9.80 Å². The molecule has 3 heterocycles. The lowest BCUT2D eigenvalue weighted by atomic mass is 10.1. The first-order valence-electron chi connectivity index (χ1n) is 10.8. The van der Waals surface area contributed by atoms with Crippen LogP contribution in [0.2, 0.25) is 0 Å². The van der Waals surface area contributed by atoms with E-state index in [0.717, 1.165) is 37.3 Å². The van der Waals surface area contributed by atoms with E-state index >= 15 is 0 Å². The number of benzene rings is 2. The third kappa shape index (κ3) is 3.20. The van der Waals surface area contributed by atoms with Crippen molar-refractivity contribution in [2.75, 3.05) is 49.3 Å². The summed E-state index contributed by atoms with van der Waals surface area (Å²) in [5.74, 6) is -1.36. The minimum Gasteiger partial charge on any atom is -0.366 e. The Hall–Kier alpha value is -2.41. The number of hydrogen-bond donors (Lipinski definition) is 0. The van der Waals surface area contributed by atoms with Gasteiger partial charge in [0.1, 0.15) is 0 Å². The van der Waals surface area contributed by atoms with E-state index < -0.39 is 5.79 Å². The Morgan fingerprint density at radius 1 is 1.07 bits per heavy atom. The van der Waals surface area contributed by atoms with Crippen molar-refractivity contribution in [1.29, 1.82) is 0 Å². The number of fused-ring (bicyclic) bond motifs is 2. The number of para-hydroxylation sites is 1. The van der Waals surface area contributed by atoms with Crippen LogP contribution in [-0.4, -0.2) is 56.4 Å². The number of anilines is 2. The fraction of sp³-hybridized carbons (Fsp3) is 0.458. The molecule has 1 amide bonds. The zero-order chi connectivity index (χ0) is 20.7. The van der Waals surface area contributed by atoms with Crippen LogP contribution in [0, 0.1) is 6.92 Å². The largest absolute Gasteiger partial charge is 0.366 e. The van der Waals surface area contributed by atoms with E-state index in [1.165, 1.54) is 11.3 Å². The Morgan fingerprint density at radius 2 is 1.87 bits per heavy atom. The summed E-state index contributed by atoms with van der Waals surface area (Å²) in [6, 6.07) is 16.9. The summed E-state index contributed by atoms with van der Waals surface area (Å²) in [4.78, 5) is 20.1. The van der Waals surface area contributed by atoms with Crippen molar-refractivity contribution in [3.8, 4) is 0 Å². The molecule has 1 atom stereocenters. The number of ether oxygens (including phenoxy) is 2. The summed E-state index contributed by atoms with van der Waals surface area (Å²) in [6.07, 6.45) is 0.815. The van der Waals surface area contributed by atoms with Crippen LogP contribution in [0.3, 0.4) is 0 Å². The summed E-state index contributed by atoms with van der Waals surface area (Å²) >= 11 is 0. The summed E-state index contributed by atoms with van der Waals surface area (Å²) in [6.45, 7) is 8.76. The zero-order valence-electron chi connectivity index (χ0n) is 17.7. The summed E-state index contributed by atoms with van der Waals surface area (Å²) in [7, 11) is 0.